The van der Waals surface area contributed by atoms with E-state index in [9.17, 15) is 5.26 Å². The lowest BCUT2D eigenvalue weighted by Gasteiger charge is -2.28. The SMILES string of the molecule is N#Cc1cc2c(nc1NN1CCOCC1)CCCC2. The van der Waals surface area contributed by atoms with Gasteiger partial charge in [-0.3, -0.25) is 0 Å². The van der Waals surface area contributed by atoms with E-state index in [0.717, 1.165) is 44.8 Å². The Bertz CT molecular complexity index is 503. The molecule has 1 saturated heterocycles. The van der Waals surface area contributed by atoms with Gasteiger partial charge in [-0.05, 0) is 37.3 Å². The largest absolute Gasteiger partial charge is 0.379 e. The fraction of sp³-hybridized carbons (Fsp3) is 0.571. The summed E-state index contributed by atoms with van der Waals surface area (Å²) in [6.45, 7) is 3.09. The summed E-state index contributed by atoms with van der Waals surface area (Å²) >= 11 is 0. The molecule has 1 aromatic heterocycles. The van der Waals surface area contributed by atoms with Crippen LogP contribution in [0.2, 0.25) is 0 Å². The molecule has 5 nitrogen and oxygen atoms in total. The van der Waals surface area contributed by atoms with Gasteiger partial charge < -0.3 is 10.2 Å². The molecule has 0 unspecified atom stereocenters. The van der Waals surface area contributed by atoms with E-state index in [-0.39, 0.29) is 0 Å². The highest BCUT2D eigenvalue weighted by Gasteiger charge is 2.17. The third-order valence-corrected chi connectivity index (χ3v) is 3.70. The van der Waals surface area contributed by atoms with Crippen LogP contribution < -0.4 is 5.43 Å². The molecular formula is C14H18N4O. The zero-order valence-corrected chi connectivity index (χ0v) is 11.0. The molecule has 0 amide bonds. The first-order chi connectivity index (χ1) is 9.36. The van der Waals surface area contributed by atoms with Gasteiger partial charge in [-0.2, -0.15) is 5.26 Å². The van der Waals surface area contributed by atoms with Crippen molar-refractivity contribution in [1.82, 2.24) is 9.99 Å². The van der Waals surface area contributed by atoms with Gasteiger partial charge in [0.1, 0.15) is 6.07 Å². The lowest BCUT2D eigenvalue weighted by molar-refractivity contribution is 0.0494. The molecular weight excluding hydrogens is 240 g/mol. The molecule has 3 rings (SSSR count). The predicted molar refractivity (Wildman–Crippen MR) is 71.6 cm³/mol. The zero-order valence-electron chi connectivity index (χ0n) is 11.0. The molecule has 1 aliphatic heterocycles. The van der Waals surface area contributed by atoms with Crippen LogP contribution >= 0.6 is 0 Å². The van der Waals surface area contributed by atoms with Gasteiger partial charge in [0.05, 0.1) is 18.8 Å². The number of nitrogens with one attached hydrogen (secondary N) is 1. The average molecular weight is 258 g/mol. The topological polar surface area (TPSA) is 61.2 Å². The van der Waals surface area contributed by atoms with E-state index >= 15 is 0 Å². The monoisotopic (exact) mass is 258 g/mol. The molecule has 1 fully saturated rings. The first-order valence-electron chi connectivity index (χ1n) is 6.89. The first-order valence-corrected chi connectivity index (χ1v) is 6.89. The maximum Gasteiger partial charge on any atom is 0.158 e. The Hall–Kier alpha value is -1.64. The lowest BCUT2D eigenvalue weighted by Crippen LogP contribution is -2.40. The molecule has 0 aromatic carbocycles. The number of aromatic nitrogens is 1. The number of anilines is 1. The van der Waals surface area contributed by atoms with E-state index in [1.54, 1.807) is 0 Å². The minimum absolute atomic E-state index is 0.646. The standard InChI is InChI=1S/C14H18N4O/c15-10-12-9-11-3-1-2-4-13(11)16-14(12)17-18-5-7-19-8-6-18/h9H,1-8H2,(H,16,17). The van der Waals surface area contributed by atoms with E-state index in [0.29, 0.717) is 11.4 Å². The van der Waals surface area contributed by atoms with Crippen LogP contribution in [-0.4, -0.2) is 36.3 Å². The van der Waals surface area contributed by atoms with E-state index in [4.69, 9.17) is 4.74 Å². The third-order valence-electron chi connectivity index (χ3n) is 3.70. The summed E-state index contributed by atoms with van der Waals surface area (Å²) in [6.07, 6.45) is 4.48. The van der Waals surface area contributed by atoms with Crippen LogP contribution in [0.25, 0.3) is 0 Å². The van der Waals surface area contributed by atoms with Crippen molar-refractivity contribution < 1.29 is 4.74 Å². The van der Waals surface area contributed by atoms with Crippen molar-refractivity contribution in [3.05, 3.63) is 22.9 Å². The molecule has 0 bridgehead atoms. The number of morpholine rings is 1. The maximum atomic E-state index is 9.28. The number of ether oxygens (including phenoxy) is 1. The van der Waals surface area contributed by atoms with Crippen LogP contribution in [-0.2, 0) is 17.6 Å². The highest BCUT2D eigenvalue weighted by Crippen LogP contribution is 2.24. The number of rotatable bonds is 2. The normalized spacial score (nSPS) is 19.5. The van der Waals surface area contributed by atoms with E-state index in [1.165, 1.54) is 18.4 Å². The second-order valence-corrected chi connectivity index (χ2v) is 5.02. The summed E-state index contributed by atoms with van der Waals surface area (Å²) in [5.41, 5.74) is 6.32. The number of pyridine rings is 1. The molecule has 1 aromatic rings. The smallest absolute Gasteiger partial charge is 0.158 e. The van der Waals surface area contributed by atoms with Crippen molar-refractivity contribution in [3.8, 4) is 6.07 Å². The second kappa shape index (κ2) is 5.55. The van der Waals surface area contributed by atoms with Crippen LogP contribution in [0.1, 0.15) is 29.7 Å². The third kappa shape index (κ3) is 2.70. The van der Waals surface area contributed by atoms with Crippen molar-refractivity contribution in [2.24, 2.45) is 0 Å². The van der Waals surface area contributed by atoms with Gasteiger partial charge in [0.2, 0.25) is 0 Å². The summed E-state index contributed by atoms with van der Waals surface area (Å²) in [7, 11) is 0. The predicted octanol–water partition coefficient (Wildman–Crippen LogP) is 1.49. The Morgan fingerprint density at radius 2 is 2.05 bits per heavy atom. The Balaban J connectivity index is 1.84. The van der Waals surface area contributed by atoms with Crippen LogP contribution in [0.5, 0.6) is 0 Å². The van der Waals surface area contributed by atoms with Gasteiger partial charge in [0, 0.05) is 18.8 Å². The van der Waals surface area contributed by atoms with Gasteiger partial charge in [-0.15, -0.1) is 0 Å². The Morgan fingerprint density at radius 3 is 2.84 bits per heavy atom. The fourth-order valence-electron chi connectivity index (χ4n) is 2.63. The highest BCUT2D eigenvalue weighted by molar-refractivity contribution is 5.54. The fourth-order valence-corrected chi connectivity index (χ4v) is 2.63. The van der Waals surface area contributed by atoms with E-state index in [1.807, 2.05) is 6.07 Å². The molecule has 0 spiro atoms. The van der Waals surface area contributed by atoms with Crippen LogP contribution in [0, 0.1) is 11.3 Å². The van der Waals surface area contributed by atoms with Crippen molar-refractivity contribution in [2.75, 3.05) is 31.7 Å². The molecule has 1 N–H and O–H groups in total. The lowest BCUT2D eigenvalue weighted by atomic mass is 9.95. The molecule has 2 aliphatic rings. The van der Waals surface area contributed by atoms with Gasteiger partial charge >= 0.3 is 0 Å². The minimum atomic E-state index is 0.646. The molecule has 5 heteroatoms. The molecule has 0 saturated carbocycles. The molecule has 0 atom stereocenters. The Kier molecular flexibility index (Phi) is 3.62. The van der Waals surface area contributed by atoms with E-state index in [2.05, 4.69) is 21.5 Å². The molecule has 0 radical (unpaired) electrons. The van der Waals surface area contributed by atoms with Gasteiger partial charge in [0.25, 0.3) is 0 Å². The summed E-state index contributed by atoms with van der Waals surface area (Å²) < 4.78 is 5.32. The van der Waals surface area contributed by atoms with Crippen molar-refractivity contribution in [3.63, 3.8) is 0 Å². The van der Waals surface area contributed by atoms with Crippen molar-refractivity contribution in [2.45, 2.75) is 25.7 Å². The van der Waals surface area contributed by atoms with Crippen LogP contribution in [0.15, 0.2) is 6.07 Å². The molecule has 100 valence electrons. The number of hydrogen-bond acceptors (Lipinski definition) is 5. The molecule has 2 heterocycles. The number of hydrazine groups is 1. The Labute approximate surface area is 113 Å². The maximum absolute atomic E-state index is 9.28. The summed E-state index contributed by atoms with van der Waals surface area (Å²) in [4.78, 5) is 4.66. The molecule has 1 aliphatic carbocycles. The Morgan fingerprint density at radius 1 is 1.26 bits per heavy atom. The second-order valence-electron chi connectivity index (χ2n) is 5.02. The summed E-state index contributed by atoms with van der Waals surface area (Å²) in [5.74, 6) is 0.699. The number of hydrogen-bond donors (Lipinski definition) is 1. The minimum Gasteiger partial charge on any atom is -0.379 e. The van der Waals surface area contributed by atoms with Gasteiger partial charge in [-0.25, -0.2) is 9.99 Å². The average Bonchev–Trinajstić information content (AvgIpc) is 2.47. The first kappa shape index (κ1) is 12.4. The van der Waals surface area contributed by atoms with Gasteiger partial charge in [-0.1, -0.05) is 0 Å². The van der Waals surface area contributed by atoms with Crippen molar-refractivity contribution >= 4 is 5.82 Å². The van der Waals surface area contributed by atoms with Crippen LogP contribution in [0.3, 0.4) is 0 Å². The summed E-state index contributed by atoms with van der Waals surface area (Å²) in [6, 6.07) is 4.26. The quantitative estimate of drug-likeness (QED) is 0.871. The zero-order chi connectivity index (χ0) is 13.1. The van der Waals surface area contributed by atoms with Crippen LogP contribution in [0.4, 0.5) is 5.82 Å². The highest BCUT2D eigenvalue weighted by atomic mass is 16.5. The number of nitriles is 1. The van der Waals surface area contributed by atoms with Gasteiger partial charge in [0.15, 0.2) is 5.82 Å². The molecule has 19 heavy (non-hydrogen) atoms. The van der Waals surface area contributed by atoms with E-state index < -0.39 is 0 Å². The number of nitrogens with zero attached hydrogens (tertiary/aromatic N) is 3. The number of fused-ring (bicyclic) bond motifs is 1. The van der Waals surface area contributed by atoms with Crippen molar-refractivity contribution in [1.29, 1.82) is 5.26 Å². The summed E-state index contributed by atoms with van der Waals surface area (Å²) in [5, 5.41) is 11.3. The number of aryl methyl sites for hydroxylation is 2.